The zero-order chi connectivity index (χ0) is 15.7. The summed E-state index contributed by atoms with van der Waals surface area (Å²) in [7, 11) is 5.23. The molecule has 2 saturated heterocycles. The minimum atomic E-state index is 0.169. The number of fused-ring (bicyclic) bond motifs is 1. The fourth-order valence-electron chi connectivity index (χ4n) is 3.47. The highest BCUT2D eigenvalue weighted by atomic mass is 16.5. The number of likely N-dealkylation sites (N-methyl/N-ethyl adjacent to an activating group) is 1. The summed E-state index contributed by atoms with van der Waals surface area (Å²) in [5.41, 5.74) is 0. The fraction of sp³-hybridized carbons (Fsp3) is 0.667. The lowest BCUT2D eigenvalue weighted by Crippen LogP contribution is -2.41. The zero-order valence-electron chi connectivity index (χ0n) is 13.4. The number of likely N-dealkylation sites (tertiary alicyclic amines) is 1. The summed E-state index contributed by atoms with van der Waals surface area (Å²) in [6.45, 7) is 2.44. The number of hydrogen-bond donors (Lipinski definition) is 0. The van der Waals surface area contributed by atoms with Crippen molar-refractivity contribution in [3.05, 3.63) is 12.4 Å². The van der Waals surface area contributed by atoms with Gasteiger partial charge in [0.1, 0.15) is 12.1 Å². The van der Waals surface area contributed by atoms with E-state index in [1.165, 1.54) is 0 Å². The molecule has 0 unspecified atom stereocenters. The average molecular weight is 305 g/mol. The van der Waals surface area contributed by atoms with Crippen LogP contribution >= 0.6 is 0 Å². The summed E-state index contributed by atoms with van der Waals surface area (Å²) < 4.78 is 5.19. The molecule has 7 heteroatoms. The van der Waals surface area contributed by atoms with Gasteiger partial charge in [-0.25, -0.2) is 9.97 Å². The molecule has 1 aromatic rings. The number of hydrogen-bond acceptors (Lipinski definition) is 6. The van der Waals surface area contributed by atoms with Gasteiger partial charge in [-0.05, 0) is 12.8 Å². The summed E-state index contributed by atoms with van der Waals surface area (Å²) in [5.74, 6) is 1.68. The molecule has 7 nitrogen and oxygen atoms in total. The van der Waals surface area contributed by atoms with Crippen molar-refractivity contribution in [3.8, 4) is 5.88 Å². The van der Waals surface area contributed by atoms with Crippen LogP contribution < -0.4 is 9.64 Å². The van der Waals surface area contributed by atoms with E-state index in [1.807, 2.05) is 20.2 Å². The summed E-state index contributed by atoms with van der Waals surface area (Å²) in [6, 6.07) is 2.75. The van der Waals surface area contributed by atoms with Gasteiger partial charge in [-0.3, -0.25) is 9.69 Å². The van der Waals surface area contributed by atoms with E-state index < -0.39 is 0 Å². The van der Waals surface area contributed by atoms with Gasteiger partial charge in [-0.2, -0.15) is 0 Å². The third-order valence-corrected chi connectivity index (χ3v) is 4.66. The van der Waals surface area contributed by atoms with E-state index in [-0.39, 0.29) is 5.91 Å². The van der Waals surface area contributed by atoms with E-state index in [4.69, 9.17) is 4.74 Å². The van der Waals surface area contributed by atoms with Crippen molar-refractivity contribution < 1.29 is 9.53 Å². The summed E-state index contributed by atoms with van der Waals surface area (Å²) in [6.07, 6.45) is 3.68. The Kier molecular flexibility index (Phi) is 4.15. The number of carbonyl (C=O) groups is 1. The SMILES string of the molecule is COc1cc(N2CC[C@@H]3[C@@H]2CCN3CC(=O)N(C)C)ncn1. The fourth-order valence-corrected chi connectivity index (χ4v) is 3.47. The standard InChI is InChI=1S/C15H23N5O2/c1-18(2)15(21)9-19-6-4-12-11(19)5-7-20(12)13-8-14(22-3)17-10-16-13/h8,10-12H,4-7,9H2,1-3H3/t11-,12+/m1/s1. The number of ether oxygens (including phenoxy) is 1. The van der Waals surface area contributed by atoms with Crippen LogP contribution in [0.4, 0.5) is 5.82 Å². The molecule has 0 aromatic carbocycles. The highest BCUT2D eigenvalue weighted by Crippen LogP contribution is 2.34. The molecule has 0 radical (unpaired) electrons. The smallest absolute Gasteiger partial charge is 0.236 e. The maximum atomic E-state index is 12.0. The van der Waals surface area contributed by atoms with E-state index in [1.54, 1.807) is 18.3 Å². The van der Waals surface area contributed by atoms with Gasteiger partial charge in [-0.1, -0.05) is 0 Å². The number of anilines is 1. The molecular weight excluding hydrogens is 282 g/mol. The van der Waals surface area contributed by atoms with Crippen LogP contribution in [0.1, 0.15) is 12.8 Å². The molecule has 3 heterocycles. The van der Waals surface area contributed by atoms with E-state index in [2.05, 4.69) is 19.8 Å². The molecule has 1 aromatic heterocycles. The van der Waals surface area contributed by atoms with Crippen LogP contribution in [0.25, 0.3) is 0 Å². The van der Waals surface area contributed by atoms with Gasteiger partial charge in [0, 0.05) is 45.3 Å². The number of amides is 1. The molecule has 120 valence electrons. The van der Waals surface area contributed by atoms with Crippen LogP contribution in [0.5, 0.6) is 5.88 Å². The predicted octanol–water partition coefficient (Wildman–Crippen LogP) is 0.226. The molecule has 2 fully saturated rings. The second-order valence-electron chi connectivity index (χ2n) is 6.08. The molecule has 1 amide bonds. The molecule has 2 aliphatic heterocycles. The Morgan fingerprint density at radius 1 is 1.32 bits per heavy atom. The van der Waals surface area contributed by atoms with Gasteiger partial charge in [0.25, 0.3) is 0 Å². The van der Waals surface area contributed by atoms with E-state index in [0.29, 0.717) is 24.5 Å². The molecule has 0 saturated carbocycles. The molecule has 3 rings (SSSR count). The van der Waals surface area contributed by atoms with E-state index >= 15 is 0 Å². The topological polar surface area (TPSA) is 61.8 Å². The van der Waals surface area contributed by atoms with E-state index in [9.17, 15) is 4.79 Å². The Balaban J connectivity index is 1.70. The van der Waals surface area contributed by atoms with Crippen LogP contribution in [-0.2, 0) is 4.79 Å². The Morgan fingerprint density at radius 2 is 2.09 bits per heavy atom. The lowest BCUT2D eigenvalue weighted by Gasteiger charge is -2.26. The highest BCUT2D eigenvalue weighted by molar-refractivity contribution is 5.77. The monoisotopic (exact) mass is 305 g/mol. The van der Waals surface area contributed by atoms with Crippen molar-refractivity contribution in [1.29, 1.82) is 0 Å². The number of nitrogens with zero attached hydrogens (tertiary/aromatic N) is 5. The van der Waals surface area contributed by atoms with Crippen molar-refractivity contribution in [1.82, 2.24) is 19.8 Å². The first-order valence-corrected chi connectivity index (χ1v) is 7.67. The normalized spacial score (nSPS) is 24.4. The lowest BCUT2D eigenvalue weighted by molar-refractivity contribution is -0.130. The predicted molar refractivity (Wildman–Crippen MR) is 83.0 cm³/mol. The first kappa shape index (κ1) is 15.0. The van der Waals surface area contributed by atoms with Gasteiger partial charge in [0.05, 0.1) is 13.7 Å². The molecule has 0 aliphatic carbocycles. The number of aromatic nitrogens is 2. The summed E-state index contributed by atoms with van der Waals surface area (Å²) in [4.78, 5) is 26.7. The Hall–Kier alpha value is -1.89. The van der Waals surface area contributed by atoms with E-state index in [0.717, 1.165) is 31.7 Å². The summed E-state index contributed by atoms with van der Waals surface area (Å²) >= 11 is 0. The number of carbonyl (C=O) groups excluding carboxylic acids is 1. The molecule has 0 spiro atoms. The minimum absolute atomic E-state index is 0.169. The Bertz CT molecular complexity index is 550. The molecule has 0 bridgehead atoms. The van der Waals surface area contributed by atoms with Crippen LogP contribution in [0, 0.1) is 0 Å². The van der Waals surface area contributed by atoms with Crippen LogP contribution in [0.3, 0.4) is 0 Å². The van der Waals surface area contributed by atoms with Crippen molar-refractivity contribution in [2.45, 2.75) is 24.9 Å². The van der Waals surface area contributed by atoms with Gasteiger partial charge >= 0.3 is 0 Å². The van der Waals surface area contributed by atoms with Crippen molar-refractivity contribution >= 4 is 11.7 Å². The summed E-state index contributed by atoms with van der Waals surface area (Å²) in [5, 5.41) is 0. The molecule has 2 atom stereocenters. The third-order valence-electron chi connectivity index (χ3n) is 4.66. The second kappa shape index (κ2) is 6.08. The second-order valence-corrected chi connectivity index (χ2v) is 6.08. The van der Waals surface area contributed by atoms with Crippen molar-refractivity contribution in [3.63, 3.8) is 0 Å². The molecule has 0 N–H and O–H groups in total. The highest BCUT2D eigenvalue weighted by Gasteiger charge is 2.43. The van der Waals surface area contributed by atoms with Crippen molar-refractivity contribution in [2.24, 2.45) is 0 Å². The maximum Gasteiger partial charge on any atom is 0.236 e. The zero-order valence-corrected chi connectivity index (χ0v) is 13.4. The van der Waals surface area contributed by atoms with Gasteiger partial charge in [0.2, 0.25) is 11.8 Å². The van der Waals surface area contributed by atoms with Gasteiger partial charge in [-0.15, -0.1) is 0 Å². The van der Waals surface area contributed by atoms with Crippen molar-refractivity contribution in [2.75, 3.05) is 45.7 Å². The van der Waals surface area contributed by atoms with Crippen LogP contribution in [-0.4, -0.2) is 78.6 Å². The third kappa shape index (κ3) is 2.72. The number of rotatable bonds is 4. The lowest BCUT2D eigenvalue weighted by atomic mass is 10.1. The first-order chi connectivity index (χ1) is 10.6. The maximum absolute atomic E-state index is 12.0. The van der Waals surface area contributed by atoms with Crippen LogP contribution in [0.15, 0.2) is 12.4 Å². The number of methoxy groups -OCH3 is 1. The van der Waals surface area contributed by atoms with Gasteiger partial charge < -0.3 is 14.5 Å². The quantitative estimate of drug-likeness (QED) is 0.793. The van der Waals surface area contributed by atoms with Crippen LogP contribution in [0.2, 0.25) is 0 Å². The molecular formula is C15H23N5O2. The van der Waals surface area contributed by atoms with Gasteiger partial charge in [0.15, 0.2) is 0 Å². The first-order valence-electron chi connectivity index (χ1n) is 7.67. The Morgan fingerprint density at radius 3 is 2.82 bits per heavy atom. The Labute approximate surface area is 130 Å². The molecule has 22 heavy (non-hydrogen) atoms. The molecule has 2 aliphatic rings. The minimum Gasteiger partial charge on any atom is -0.481 e. The average Bonchev–Trinajstić information content (AvgIpc) is 3.10. The largest absolute Gasteiger partial charge is 0.481 e.